The number of nitrogens with zero attached hydrogens (tertiary/aromatic N) is 3. The Hall–Kier alpha value is -6.04. The SMILES string of the molecule is c1ccc2c(-c3nc(-n4c5ccccc5c5c6sc7ccccc7c6c6ccccc6c54)nc4c3oc3ccccc34)cccc2c1. The lowest BCUT2D eigenvalue weighted by Crippen LogP contribution is -2.03. The van der Waals surface area contributed by atoms with Gasteiger partial charge in [0.05, 0.1) is 11.0 Å². The van der Waals surface area contributed by atoms with Crippen molar-refractivity contribution in [3.05, 3.63) is 140 Å². The zero-order chi connectivity index (χ0) is 30.6. The summed E-state index contributed by atoms with van der Waals surface area (Å²) in [6.45, 7) is 0. The summed E-state index contributed by atoms with van der Waals surface area (Å²) in [5.74, 6) is 0.629. The fraction of sp³-hybridized carbons (Fsp3) is 0. The summed E-state index contributed by atoms with van der Waals surface area (Å²) >= 11 is 1.87. The maximum absolute atomic E-state index is 6.56. The molecule has 0 fully saturated rings. The maximum atomic E-state index is 6.56. The molecule has 11 rings (SSSR count). The molecule has 218 valence electrons. The summed E-state index contributed by atoms with van der Waals surface area (Å²) in [7, 11) is 0. The summed E-state index contributed by atoms with van der Waals surface area (Å²) in [5, 5.41) is 10.7. The van der Waals surface area contributed by atoms with E-state index in [0.717, 1.165) is 49.5 Å². The number of furan rings is 1. The van der Waals surface area contributed by atoms with Gasteiger partial charge in [0.1, 0.15) is 16.8 Å². The lowest BCUT2D eigenvalue weighted by Gasteiger charge is -2.12. The van der Waals surface area contributed by atoms with Gasteiger partial charge in [0.2, 0.25) is 5.95 Å². The van der Waals surface area contributed by atoms with Crippen LogP contribution in [-0.2, 0) is 0 Å². The lowest BCUT2D eigenvalue weighted by atomic mass is 10.00. The van der Waals surface area contributed by atoms with Gasteiger partial charge in [0.25, 0.3) is 0 Å². The molecule has 5 heteroatoms. The first-order valence-electron chi connectivity index (χ1n) is 15.8. The van der Waals surface area contributed by atoms with Gasteiger partial charge >= 0.3 is 0 Å². The first-order valence-corrected chi connectivity index (χ1v) is 16.6. The predicted octanol–water partition coefficient (Wildman–Crippen LogP) is 11.8. The molecule has 0 radical (unpaired) electrons. The van der Waals surface area contributed by atoms with Crippen molar-refractivity contribution >= 4 is 96.9 Å². The van der Waals surface area contributed by atoms with Gasteiger partial charge in [0.15, 0.2) is 5.58 Å². The molecule has 4 heterocycles. The monoisotopic (exact) mass is 617 g/mol. The van der Waals surface area contributed by atoms with Crippen LogP contribution in [0.1, 0.15) is 0 Å². The normalized spacial score (nSPS) is 12.3. The van der Waals surface area contributed by atoms with Crippen LogP contribution < -0.4 is 0 Å². The largest absolute Gasteiger partial charge is 0.452 e. The number of hydrogen-bond donors (Lipinski definition) is 0. The maximum Gasteiger partial charge on any atom is 0.236 e. The van der Waals surface area contributed by atoms with Crippen LogP contribution in [-0.4, -0.2) is 14.5 Å². The fourth-order valence-corrected chi connectivity index (χ4v) is 8.90. The minimum Gasteiger partial charge on any atom is -0.452 e. The molecule has 11 aromatic rings. The van der Waals surface area contributed by atoms with Crippen LogP contribution in [0.25, 0.3) is 103 Å². The molecule has 0 amide bonds. The number of hydrogen-bond acceptors (Lipinski definition) is 4. The number of para-hydroxylation sites is 2. The van der Waals surface area contributed by atoms with Crippen LogP contribution in [0.3, 0.4) is 0 Å². The molecule has 0 saturated carbocycles. The molecule has 0 atom stereocenters. The molecule has 7 aromatic carbocycles. The molecule has 0 bridgehead atoms. The average molecular weight is 618 g/mol. The fourth-order valence-electron chi connectivity index (χ4n) is 7.62. The first kappa shape index (κ1) is 25.2. The Morgan fingerprint density at radius 1 is 0.532 bits per heavy atom. The molecule has 0 spiro atoms. The van der Waals surface area contributed by atoms with E-state index < -0.39 is 0 Å². The zero-order valence-corrected chi connectivity index (χ0v) is 25.8. The Labute approximate surface area is 271 Å². The van der Waals surface area contributed by atoms with Gasteiger partial charge in [-0.3, -0.25) is 4.57 Å². The van der Waals surface area contributed by atoms with Gasteiger partial charge in [-0.1, -0.05) is 115 Å². The van der Waals surface area contributed by atoms with Crippen LogP contribution in [0, 0.1) is 0 Å². The first-order chi connectivity index (χ1) is 23.3. The highest BCUT2D eigenvalue weighted by Gasteiger charge is 2.25. The van der Waals surface area contributed by atoms with Crippen LogP contribution in [0.2, 0.25) is 0 Å². The van der Waals surface area contributed by atoms with E-state index in [0.29, 0.717) is 11.5 Å². The van der Waals surface area contributed by atoms with E-state index in [1.165, 1.54) is 41.7 Å². The number of benzene rings is 7. The quantitative estimate of drug-likeness (QED) is 0.194. The van der Waals surface area contributed by atoms with Crippen LogP contribution in [0.4, 0.5) is 0 Å². The Balaban J connectivity index is 1.37. The molecule has 0 aliphatic rings. The number of rotatable bonds is 2. The van der Waals surface area contributed by atoms with Crippen molar-refractivity contribution in [2.75, 3.05) is 0 Å². The minimum absolute atomic E-state index is 0.629. The summed E-state index contributed by atoms with van der Waals surface area (Å²) in [6.07, 6.45) is 0. The Kier molecular flexibility index (Phi) is 4.96. The summed E-state index contributed by atoms with van der Waals surface area (Å²) in [5.41, 5.74) is 6.32. The van der Waals surface area contributed by atoms with E-state index >= 15 is 0 Å². The predicted molar refractivity (Wildman–Crippen MR) is 197 cm³/mol. The summed E-state index contributed by atoms with van der Waals surface area (Å²) in [6, 6.07) is 49.2. The summed E-state index contributed by atoms with van der Waals surface area (Å²) < 4.78 is 11.4. The molecule has 0 saturated heterocycles. The second kappa shape index (κ2) is 9.25. The van der Waals surface area contributed by atoms with Crippen molar-refractivity contribution in [1.29, 1.82) is 0 Å². The summed E-state index contributed by atoms with van der Waals surface area (Å²) in [4.78, 5) is 10.8. The Morgan fingerprint density at radius 3 is 2.11 bits per heavy atom. The third-order valence-electron chi connectivity index (χ3n) is 9.60. The molecular formula is C42H23N3OS. The van der Waals surface area contributed by atoms with Crippen LogP contribution >= 0.6 is 11.3 Å². The minimum atomic E-state index is 0.629. The van der Waals surface area contributed by atoms with Gasteiger partial charge in [-0.05, 0) is 40.4 Å². The molecule has 0 aliphatic heterocycles. The lowest BCUT2D eigenvalue weighted by molar-refractivity contribution is 0.666. The molecule has 0 aliphatic carbocycles. The van der Waals surface area contributed by atoms with E-state index in [1.54, 1.807) is 0 Å². The number of thiophene rings is 1. The van der Waals surface area contributed by atoms with Gasteiger partial charge in [-0.2, -0.15) is 0 Å². The smallest absolute Gasteiger partial charge is 0.236 e. The van der Waals surface area contributed by atoms with Gasteiger partial charge in [-0.15, -0.1) is 11.3 Å². The zero-order valence-electron chi connectivity index (χ0n) is 24.9. The number of fused-ring (bicyclic) bond motifs is 14. The third kappa shape index (κ3) is 3.36. The van der Waals surface area contributed by atoms with Gasteiger partial charge < -0.3 is 4.42 Å². The van der Waals surface area contributed by atoms with Crippen molar-refractivity contribution < 1.29 is 4.42 Å². The van der Waals surface area contributed by atoms with Crippen molar-refractivity contribution in [1.82, 2.24) is 14.5 Å². The Morgan fingerprint density at radius 2 is 1.21 bits per heavy atom. The van der Waals surface area contributed by atoms with E-state index in [2.05, 4.69) is 126 Å². The average Bonchev–Trinajstić information content (AvgIpc) is 3.81. The van der Waals surface area contributed by atoms with Crippen molar-refractivity contribution in [3.8, 4) is 17.2 Å². The van der Waals surface area contributed by atoms with Crippen molar-refractivity contribution in [3.63, 3.8) is 0 Å². The number of aromatic nitrogens is 3. The standard InChI is InChI=1S/C42H23N3OS/c1-2-14-25-24(12-1)13-11-20-27(25)37-40-38(30-18-6-9-22-33(30)46-40)44-42(43-37)45-32-21-8-5-17-29(32)36-39(45)28-16-4-3-15-26(28)35-31-19-7-10-23-34(31)47-41(35)36/h1-23H. The second-order valence-electron chi connectivity index (χ2n) is 12.1. The molecule has 4 aromatic heterocycles. The van der Waals surface area contributed by atoms with Crippen molar-refractivity contribution in [2.45, 2.75) is 0 Å². The molecule has 0 N–H and O–H groups in total. The highest BCUT2D eigenvalue weighted by atomic mass is 32.1. The van der Waals surface area contributed by atoms with E-state index in [9.17, 15) is 0 Å². The van der Waals surface area contributed by atoms with E-state index in [4.69, 9.17) is 14.4 Å². The van der Waals surface area contributed by atoms with Gasteiger partial charge in [-0.25, -0.2) is 9.97 Å². The van der Waals surface area contributed by atoms with Crippen molar-refractivity contribution in [2.24, 2.45) is 0 Å². The second-order valence-corrected chi connectivity index (χ2v) is 13.2. The highest BCUT2D eigenvalue weighted by molar-refractivity contribution is 7.27. The highest BCUT2D eigenvalue weighted by Crippen LogP contribution is 2.48. The van der Waals surface area contributed by atoms with E-state index in [1.807, 2.05) is 29.5 Å². The molecule has 0 unspecified atom stereocenters. The van der Waals surface area contributed by atoms with E-state index in [-0.39, 0.29) is 0 Å². The van der Waals surface area contributed by atoms with Crippen LogP contribution in [0.5, 0.6) is 0 Å². The molecule has 47 heavy (non-hydrogen) atoms. The van der Waals surface area contributed by atoms with Crippen LogP contribution in [0.15, 0.2) is 144 Å². The molecular weight excluding hydrogens is 595 g/mol. The third-order valence-corrected chi connectivity index (χ3v) is 10.8. The van der Waals surface area contributed by atoms with Gasteiger partial charge in [0, 0.05) is 47.3 Å². The molecule has 4 nitrogen and oxygen atoms in total. The topological polar surface area (TPSA) is 43.9 Å². The Bertz CT molecular complexity index is 3090.